The number of anilines is 3. The van der Waals surface area contributed by atoms with Crippen LogP contribution in [0.25, 0.3) is 33.4 Å². The van der Waals surface area contributed by atoms with Crippen LogP contribution in [-0.4, -0.2) is 182 Å². The van der Waals surface area contributed by atoms with Crippen molar-refractivity contribution in [1.29, 1.82) is 0 Å². The highest BCUT2D eigenvalue weighted by Gasteiger charge is 2.46. The lowest BCUT2D eigenvalue weighted by molar-refractivity contribution is -0.173. The van der Waals surface area contributed by atoms with Gasteiger partial charge in [-0.15, -0.1) is 0 Å². The van der Waals surface area contributed by atoms with Crippen molar-refractivity contribution in [1.82, 2.24) is 19.1 Å². The number of carbonyl (C=O) groups is 2. The molecule has 2 fully saturated rings. The molecule has 19 N–H and O–H groups in total. The van der Waals surface area contributed by atoms with Gasteiger partial charge in [0.1, 0.15) is 86.3 Å². The average molecular weight is 1830 g/mol. The molecule has 5 heterocycles. The van der Waals surface area contributed by atoms with Gasteiger partial charge in [-0.25, -0.2) is 41.8 Å². The van der Waals surface area contributed by atoms with Crippen LogP contribution in [0.2, 0.25) is 0 Å². The number of fused-ring (bicyclic) bond motifs is 2. The highest BCUT2D eigenvalue weighted by atomic mass is 33.1. The number of Topliss-reactive ketones (excluding diaryl/α,β-unsaturated/α-hetero) is 1. The molecule has 0 saturated carbocycles. The van der Waals surface area contributed by atoms with E-state index in [1.165, 1.54) is 65.1 Å². The van der Waals surface area contributed by atoms with Crippen molar-refractivity contribution in [3.05, 3.63) is 115 Å². The summed E-state index contributed by atoms with van der Waals surface area (Å²) in [5, 5.41) is 17.9. The third kappa shape index (κ3) is 29.9. The number of nitrogen functional groups attached to an aromatic ring is 3. The summed E-state index contributed by atoms with van der Waals surface area (Å²) in [4.78, 5) is 133. The summed E-state index contributed by atoms with van der Waals surface area (Å²) in [6.07, 6.45) is -3.47. The number of nitrogens with zero attached hydrogens (tertiary/aromatic N) is 4. The molecule has 0 amide bonds. The summed E-state index contributed by atoms with van der Waals surface area (Å²) >= 11 is 0. The number of hydrogen-bond acceptors (Lipinski definition) is 35. The maximum Gasteiger partial charge on any atom is 0.490 e. The van der Waals surface area contributed by atoms with E-state index < -0.39 is 119 Å². The van der Waals surface area contributed by atoms with Crippen LogP contribution >= 0.6 is 90.1 Å². The van der Waals surface area contributed by atoms with E-state index in [1.807, 2.05) is 41.5 Å². The first-order valence-electron chi connectivity index (χ1n) is 33.1. The second kappa shape index (κ2) is 42.8. The van der Waals surface area contributed by atoms with Gasteiger partial charge in [-0.2, -0.15) is 27.2 Å². The fraction of sp³-hybridized carbons (Fsp3) is 0.476. The first-order valence-corrected chi connectivity index (χ1v) is 46.8. The lowest BCUT2D eigenvalue weighted by Crippen LogP contribution is -2.46. The highest BCUT2D eigenvalue weighted by Crippen LogP contribution is 2.68. The standard InChI is InChI=1S/C43H50N5O19P3S2.C19H33N4O15P3S2.CH4/c1-23-31(44)12-10-28-37(29-11-13-32(45)24(2)39(29)65-38(23)28)27-9-8-25(17-30(27)41(50)51)33(49)14-15-43(3,4)72-71-22-61-16-6-7-26-19-48(42(52)47-40(26)46)36-18-34(62-21-60-5)35(64-36)20-63-69(56,57)67-70(58,59)66-68(53,54)55;1-19(2,10-20)43-42-12-33-6-4-5-13-8-23(18(24)22-17(13)21)16-7-14(34-11-32-3)15(36-16)9-35-40(28,29)38-41(30,31)37-39(25,26)27;/h8-13,17,19,34-36,44H,14-16,18,20-22,45H2,1-5H3,(H,50,51)(H,56,57)(H,58,59)(H2,46,47,52)(H2,53,54,55);8,14-16H,6-7,9-12,20H2,1-3H3,(H,28,29)(H,30,31)(H2,21,22,24)(H2,25,26,27);1H4/p+1/t34?,35-,36-;14?,15-,16-;/m11./s1. The molecule has 6 unspecified atom stereocenters. The van der Waals surface area contributed by atoms with Crippen molar-refractivity contribution in [3.8, 4) is 46.1 Å². The molecular weight excluding hydrogens is 1740 g/mol. The van der Waals surface area contributed by atoms with Crippen molar-refractivity contribution in [2.45, 2.75) is 121 Å². The number of aromatic nitrogens is 4. The number of carboxylic acid groups (broad SMARTS) is 1. The molecule has 2 aromatic heterocycles. The van der Waals surface area contributed by atoms with Gasteiger partial charge < -0.3 is 110 Å². The molecule has 116 heavy (non-hydrogen) atoms. The molecule has 0 radical (unpaired) electrons. The zero-order valence-electron chi connectivity index (χ0n) is 62.1. The van der Waals surface area contributed by atoms with Crippen molar-refractivity contribution in [3.63, 3.8) is 0 Å². The number of methoxy groups -OCH3 is 2. The molecule has 2 aromatic carbocycles. The Morgan fingerprint density at radius 1 is 0.655 bits per heavy atom. The molecule has 3 aliphatic heterocycles. The number of phosphoric ester groups is 2. The van der Waals surface area contributed by atoms with Crippen LogP contribution in [-0.2, 0) is 91.6 Å². The number of carbonyl (C=O) groups excluding carboxylic acids is 1. The van der Waals surface area contributed by atoms with Gasteiger partial charge in [-0.3, -0.25) is 28.4 Å². The Morgan fingerprint density at radius 3 is 1.57 bits per heavy atom. The first-order chi connectivity index (χ1) is 53.6. The Kier molecular flexibility index (Phi) is 36.6. The largest absolute Gasteiger partial charge is 0.490 e. The van der Waals surface area contributed by atoms with Crippen LogP contribution in [0.5, 0.6) is 0 Å². The van der Waals surface area contributed by atoms with E-state index in [0.29, 0.717) is 74.5 Å². The van der Waals surface area contributed by atoms with Gasteiger partial charge in [0.15, 0.2) is 5.78 Å². The first kappa shape index (κ1) is 99.2. The second-order valence-corrected chi connectivity index (χ2v) is 40.4. The Bertz CT molecular complexity index is 5110. The number of rotatable bonds is 39. The Hall–Kier alpha value is -5.59. The SMILES string of the molecule is C.COCOC1C[C@H](n2cc(C#CCOCSSC(C)(C)CCC(=O)c3ccc(-c4c5ccc(=[NH2+])c(C)c-5oc5c(C)c(N)ccc45)c(C(=O)O)c3)c(N)nc2=O)O[C@@H]1COP(=O)(O)OP(=O)(O)OP(=O)(O)O.COCOC1C[C@H](n2cc(C#CCOCSSC(C)(C)CN)c(N)nc2=O)O[C@@H]1COP(=O)(O)OP(=O)(O)OP(=O)(O)O. The lowest BCUT2D eigenvalue weighted by Gasteiger charge is -2.22. The summed E-state index contributed by atoms with van der Waals surface area (Å²) in [6, 6.07) is 11.7. The molecule has 8 rings (SSSR count). The Balaban J connectivity index is 0.000000407. The maximum absolute atomic E-state index is 13.6. The quantitative estimate of drug-likeness (QED) is 0.00299. The number of carboxylic acids is 1. The van der Waals surface area contributed by atoms with Crippen LogP contribution in [0.1, 0.15) is 116 Å². The van der Waals surface area contributed by atoms with E-state index in [1.54, 1.807) is 47.2 Å². The van der Waals surface area contributed by atoms with E-state index in [-0.39, 0.29) is 104 Å². The van der Waals surface area contributed by atoms with Gasteiger partial charge in [0.2, 0.25) is 5.36 Å². The lowest BCUT2D eigenvalue weighted by atomic mass is 9.87. The summed E-state index contributed by atoms with van der Waals surface area (Å²) < 4.78 is 145. The van der Waals surface area contributed by atoms with Gasteiger partial charge in [0.05, 0.1) is 47.7 Å². The van der Waals surface area contributed by atoms with Crippen LogP contribution in [0.15, 0.2) is 68.9 Å². The smallest absolute Gasteiger partial charge is 0.478 e. The van der Waals surface area contributed by atoms with Gasteiger partial charge in [-0.1, -0.05) is 86.4 Å². The second-order valence-electron chi connectivity index (χ2n) is 25.6. The third-order valence-corrected chi connectivity index (χ3v) is 29.6. The van der Waals surface area contributed by atoms with Gasteiger partial charge in [0, 0.05) is 101 Å². The van der Waals surface area contributed by atoms with Crippen molar-refractivity contribution in [2.24, 2.45) is 5.73 Å². The van der Waals surface area contributed by atoms with Crippen LogP contribution < -0.4 is 45.1 Å². The van der Waals surface area contributed by atoms with Crippen LogP contribution in [0, 0.1) is 37.5 Å². The summed E-state index contributed by atoms with van der Waals surface area (Å²) in [5.74, 6) is 10.4. The molecule has 4 aliphatic rings. The zero-order valence-corrected chi connectivity index (χ0v) is 70.7. The monoisotopic (exact) mass is 1830 g/mol. The minimum absolute atomic E-state index is 0. The molecular formula is C63H88N9O34P6S4+. The van der Waals surface area contributed by atoms with E-state index in [2.05, 4.69) is 55.4 Å². The summed E-state index contributed by atoms with van der Waals surface area (Å²) in [6.45, 7) is 9.88. The predicted molar refractivity (Wildman–Crippen MR) is 423 cm³/mol. The fourth-order valence-electron chi connectivity index (χ4n) is 10.5. The van der Waals surface area contributed by atoms with Gasteiger partial charge in [0.25, 0.3) is 0 Å². The molecule has 10 atom stereocenters. The summed E-state index contributed by atoms with van der Waals surface area (Å²) in [5.41, 5.74) is 26.6. The van der Waals surface area contributed by atoms with Crippen molar-refractivity contribution >= 4 is 130 Å². The summed E-state index contributed by atoms with van der Waals surface area (Å²) in [7, 11) is -25.1. The molecule has 0 spiro atoms. The van der Waals surface area contributed by atoms with Crippen LogP contribution in [0.3, 0.4) is 0 Å². The van der Waals surface area contributed by atoms with Crippen LogP contribution in [0.4, 0.5) is 17.3 Å². The van der Waals surface area contributed by atoms with Crippen molar-refractivity contribution in [2.75, 3.05) is 89.9 Å². The van der Waals surface area contributed by atoms with Gasteiger partial charge >= 0.3 is 64.3 Å². The normalized spacial score (nSPS) is 19.2. The molecule has 0 bridgehead atoms. The number of aryl methyl sites for hydroxylation is 1. The zero-order chi connectivity index (χ0) is 85.4. The molecule has 2 saturated heterocycles. The molecule has 642 valence electrons. The molecule has 43 nitrogen and oxygen atoms in total. The van der Waals surface area contributed by atoms with E-state index in [4.69, 9.17) is 94.8 Å². The average Bonchev–Trinajstić information content (AvgIpc) is 0.950. The van der Waals surface area contributed by atoms with E-state index >= 15 is 0 Å². The minimum Gasteiger partial charge on any atom is -0.478 e. The van der Waals surface area contributed by atoms with Gasteiger partial charge in [-0.05, 0) is 77.8 Å². The number of nitrogens with two attached hydrogens (primary N) is 5. The topological polar surface area (TPSA) is 660 Å². The Labute approximate surface area is 678 Å². The number of ether oxygens (including phenoxy) is 8. The Morgan fingerprint density at radius 2 is 1.12 bits per heavy atom. The fourth-order valence-corrected chi connectivity index (χ4v) is 20.9. The molecule has 53 heteroatoms. The number of benzene rings is 3. The minimum atomic E-state index is -5.78. The number of aromatic carboxylic acids is 1. The molecule has 1 aliphatic carbocycles. The van der Waals surface area contributed by atoms with E-state index in [9.17, 15) is 71.2 Å². The maximum atomic E-state index is 13.6. The van der Waals surface area contributed by atoms with Crippen molar-refractivity contribution < 1.29 is 155 Å². The third-order valence-electron chi connectivity index (χ3n) is 15.9. The van der Waals surface area contributed by atoms with E-state index in [0.717, 1.165) is 9.13 Å². The predicted octanol–water partition coefficient (Wildman–Crippen LogP) is 6.19. The molecule has 4 aromatic rings. The number of ketones is 1. The highest BCUT2D eigenvalue weighted by molar-refractivity contribution is 8.77. The number of phosphoric acid groups is 6. The number of hydrogen-bond donors (Lipinski definition) is 14.